The Labute approximate surface area is 214 Å². The number of quaternary nitrogens is 1. The number of halogens is 1. The molecule has 9 heteroatoms. The number of carbonyl (C=O) groups excluding carboxylic acids is 1. The lowest BCUT2D eigenvalue weighted by Gasteiger charge is -2.37. The molecule has 0 spiro atoms. The summed E-state index contributed by atoms with van der Waals surface area (Å²) in [6.45, 7) is 2.52. The standard InChI is InChI=1S/C27H24ClN3O4S/c28-19-9-11-20(12-10-19)36(33,34)29-25-21-6-1-4-18-5-2-7-22(24(18)21)26(25)30-13-15-31(16-14-30)27(32)23-8-3-17-35-23/h1-12,17,25-26,29H,13-16H2/p+1. The SMILES string of the molecule is O=C(c1ccco1)N1CC[NH+](C2c3cccc4cccc(c34)C2NS(=O)(=O)c2ccc(Cl)cc2)CC1. The molecule has 0 bridgehead atoms. The van der Waals surface area contributed by atoms with Gasteiger partial charge in [0.25, 0.3) is 5.91 Å². The molecule has 2 N–H and O–H groups in total. The van der Waals surface area contributed by atoms with Gasteiger partial charge >= 0.3 is 0 Å². The number of benzene rings is 3. The molecule has 0 radical (unpaired) electrons. The first kappa shape index (κ1) is 23.2. The third kappa shape index (κ3) is 4.00. The van der Waals surface area contributed by atoms with Gasteiger partial charge < -0.3 is 14.2 Å². The first-order valence-corrected chi connectivity index (χ1v) is 13.8. The normalized spacial score (nSPS) is 20.2. The van der Waals surface area contributed by atoms with E-state index in [2.05, 4.69) is 22.9 Å². The summed E-state index contributed by atoms with van der Waals surface area (Å²) in [6.07, 6.45) is 1.50. The van der Waals surface area contributed by atoms with Crippen molar-refractivity contribution in [2.75, 3.05) is 26.2 Å². The first-order chi connectivity index (χ1) is 17.4. The first-order valence-electron chi connectivity index (χ1n) is 11.9. The summed E-state index contributed by atoms with van der Waals surface area (Å²) < 4.78 is 35.2. The van der Waals surface area contributed by atoms with E-state index in [1.165, 1.54) is 23.3 Å². The highest BCUT2D eigenvalue weighted by atomic mass is 35.5. The Bertz CT molecular complexity index is 1520. The molecule has 36 heavy (non-hydrogen) atoms. The second kappa shape index (κ2) is 9.05. The summed E-state index contributed by atoms with van der Waals surface area (Å²) in [5.74, 6) is 0.223. The lowest BCUT2D eigenvalue weighted by molar-refractivity contribution is -0.937. The fourth-order valence-electron chi connectivity index (χ4n) is 5.58. The monoisotopic (exact) mass is 522 g/mol. The predicted octanol–water partition coefficient (Wildman–Crippen LogP) is 3.20. The van der Waals surface area contributed by atoms with E-state index in [9.17, 15) is 13.2 Å². The van der Waals surface area contributed by atoms with E-state index in [4.69, 9.17) is 16.0 Å². The summed E-state index contributed by atoms with van der Waals surface area (Å²) in [4.78, 5) is 16.0. The highest BCUT2D eigenvalue weighted by Crippen LogP contribution is 2.43. The second-order valence-electron chi connectivity index (χ2n) is 9.25. The molecule has 1 amide bonds. The van der Waals surface area contributed by atoms with Gasteiger partial charge in [-0.2, -0.15) is 4.72 Å². The van der Waals surface area contributed by atoms with Gasteiger partial charge in [-0.25, -0.2) is 8.42 Å². The molecule has 2 aliphatic rings. The second-order valence-corrected chi connectivity index (χ2v) is 11.4. The van der Waals surface area contributed by atoms with Crippen LogP contribution in [0.25, 0.3) is 10.8 Å². The van der Waals surface area contributed by atoms with Crippen molar-refractivity contribution in [2.45, 2.75) is 17.0 Å². The molecule has 3 aromatic carbocycles. The van der Waals surface area contributed by atoms with Crippen molar-refractivity contribution in [1.82, 2.24) is 9.62 Å². The minimum atomic E-state index is -3.80. The van der Waals surface area contributed by atoms with Gasteiger partial charge in [-0.1, -0.05) is 48.0 Å². The van der Waals surface area contributed by atoms with Crippen LogP contribution in [-0.2, 0) is 10.0 Å². The fraction of sp³-hybridized carbons (Fsp3) is 0.222. The van der Waals surface area contributed by atoms with E-state index < -0.39 is 16.1 Å². The highest BCUT2D eigenvalue weighted by molar-refractivity contribution is 7.89. The van der Waals surface area contributed by atoms with Gasteiger partial charge in [-0.05, 0) is 52.7 Å². The van der Waals surface area contributed by atoms with Crippen molar-refractivity contribution in [3.05, 3.63) is 101 Å². The van der Waals surface area contributed by atoms with Crippen LogP contribution in [0.1, 0.15) is 33.8 Å². The zero-order valence-electron chi connectivity index (χ0n) is 19.4. The Kier molecular flexibility index (Phi) is 5.84. The molecule has 1 aliphatic carbocycles. The Morgan fingerprint density at radius 3 is 2.31 bits per heavy atom. The number of rotatable bonds is 5. The smallest absolute Gasteiger partial charge is 0.289 e. The third-order valence-corrected chi connectivity index (χ3v) is 8.95. The molecule has 0 saturated carbocycles. The minimum absolute atomic E-state index is 0.115. The average molecular weight is 523 g/mol. The number of nitrogens with one attached hydrogen (secondary N) is 2. The molecule has 2 atom stereocenters. The van der Waals surface area contributed by atoms with Crippen molar-refractivity contribution < 1.29 is 22.5 Å². The largest absolute Gasteiger partial charge is 0.459 e. The zero-order valence-corrected chi connectivity index (χ0v) is 20.9. The van der Waals surface area contributed by atoms with Crippen LogP contribution in [0.4, 0.5) is 0 Å². The highest BCUT2D eigenvalue weighted by Gasteiger charge is 2.44. The van der Waals surface area contributed by atoms with Gasteiger partial charge in [0, 0.05) is 10.6 Å². The molecular weight excluding hydrogens is 498 g/mol. The number of amides is 1. The minimum Gasteiger partial charge on any atom is -0.459 e. The summed E-state index contributed by atoms with van der Waals surface area (Å²) in [7, 11) is -3.80. The number of furan rings is 1. The average Bonchev–Trinajstić information content (AvgIpc) is 3.53. The van der Waals surface area contributed by atoms with Crippen molar-refractivity contribution in [2.24, 2.45) is 0 Å². The van der Waals surface area contributed by atoms with E-state index in [0.29, 0.717) is 37.0 Å². The Morgan fingerprint density at radius 2 is 1.64 bits per heavy atom. The maximum atomic E-state index is 13.4. The van der Waals surface area contributed by atoms with E-state index in [-0.39, 0.29) is 16.8 Å². The van der Waals surface area contributed by atoms with E-state index in [0.717, 1.165) is 21.9 Å². The van der Waals surface area contributed by atoms with Gasteiger partial charge in [0.1, 0.15) is 12.1 Å². The maximum Gasteiger partial charge on any atom is 0.289 e. The van der Waals surface area contributed by atoms with E-state index in [1.54, 1.807) is 29.2 Å². The van der Waals surface area contributed by atoms with Gasteiger partial charge in [-0.15, -0.1) is 0 Å². The molecule has 7 nitrogen and oxygen atoms in total. The predicted molar refractivity (Wildman–Crippen MR) is 137 cm³/mol. The van der Waals surface area contributed by atoms with Gasteiger partial charge in [0.15, 0.2) is 5.76 Å². The Morgan fingerprint density at radius 1 is 0.944 bits per heavy atom. The fourth-order valence-corrected chi connectivity index (χ4v) is 6.93. The zero-order chi connectivity index (χ0) is 24.9. The summed E-state index contributed by atoms with van der Waals surface area (Å²) >= 11 is 5.99. The van der Waals surface area contributed by atoms with Gasteiger partial charge in [0.2, 0.25) is 10.0 Å². The molecule has 1 aromatic heterocycles. The quantitative estimate of drug-likeness (QED) is 0.421. The molecule has 1 fully saturated rings. The summed E-state index contributed by atoms with van der Waals surface area (Å²) in [5, 5.41) is 2.68. The van der Waals surface area contributed by atoms with Crippen LogP contribution >= 0.6 is 11.6 Å². The lowest BCUT2D eigenvalue weighted by Crippen LogP contribution is -3.15. The molecule has 1 aliphatic heterocycles. The van der Waals surface area contributed by atoms with Crippen LogP contribution in [0.5, 0.6) is 0 Å². The number of piperazine rings is 1. The summed E-state index contributed by atoms with van der Waals surface area (Å²) in [6, 6.07) is 21.3. The molecule has 4 aromatic rings. The maximum absolute atomic E-state index is 13.4. The number of nitrogens with zero attached hydrogens (tertiary/aromatic N) is 1. The molecule has 1 saturated heterocycles. The Hall–Kier alpha value is -3.17. The number of hydrogen-bond donors (Lipinski definition) is 2. The van der Waals surface area contributed by atoms with Crippen LogP contribution in [0.15, 0.2) is 88.4 Å². The van der Waals surface area contributed by atoms with Crippen molar-refractivity contribution in [3.8, 4) is 0 Å². The molecule has 184 valence electrons. The molecular formula is C27H25ClN3O4S+. The molecule has 2 unspecified atom stereocenters. The van der Waals surface area contributed by atoms with Crippen LogP contribution in [0, 0.1) is 0 Å². The van der Waals surface area contributed by atoms with Crippen molar-refractivity contribution in [3.63, 3.8) is 0 Å². The van der Waals surface area contributed by atoms with Crippen molar-refractivity contribution in [1.29, 1.82) is 0 Å². The molecule has 6 rings (SSSR count). The van der Waals surface area contributed by atoms with Gasteiger partial charge in [0.05, 0.1) is 37.3 Å². The van der Waals surface area contributed by atoms with Crippen LogP contribution in [0.2, 0.25) is 5.02 Å². The number of hydrogen-bond acceptors (Lipinski definition) is 4. The topological polar surface area (TPSA) is 84.1 Å². The molecule has 2 heterocycles. The van der Waals surface area contributed by atoms with E-state index in [1.807, 2.05) is 18.2 Å². The Balaban J connectivity index is 1.32. The lowest BCUT2D eigenvalue weighted by atomic mass is 10.0. The van der Waals surface area contributed by atoms with Crippen molar-refractivity contribution >= 4 is 38.3 Å². The van der Waals surface area contributed by atoms with Crippen LogP contribution in [-0.4, -0.2) is 45.4 Å². The van der Waals surface area contributed by atoms with E-state index >= 15 is 0 Å². The van der Waals surface area contributed by atoms with Gasteiger partial charge in [-0.3, -0.25) is 4.79 Å². The number of carbonyl (C=O) groups is 1. The van der Waals surface area contributed by atoms with Crippen LogP contribution in [0.3, 0.4) is 0 Å². The third-order valence-electron chi connectivity index (χ3n) is 7.24. The summed E-state index contributed by atoms with van der Waals surface area (Å²) in [5.41, 5.74) is 2.11. The number of sulfonamides is 1. The van der Waals surface area contributed by atoms with Crippen LogP contribution < -0.4 is 9.62 Å².